The number of thiocarbonyl (C=S) groups is 1. The van der Waals surface area contributed by atoms with Crippen molar-refractivity contribution in [3.8, 4) is 0 Å². The Morgan fingerprint density at radius 1 is 1.09 bits per heavy atom. The van der Waals surface area contributed by atoms with Gasteiger partial charge in [0.2, 0.25) is 0 Å². The van der Waals surface area contributed by atoms with E-state index in [2.05, 4.69) is 15.3 Å². The number of nitrogens with one attached hydrogen (secondary N) is 1. The van der Waals surface area contributed by atoms with Crippen LogP contribution >= 0.6 is 12.2 Å². The van der Waals surface area contributed by atoms with Crippen LogP contribution < -0.4 is 5.32 Å². The van der Waals surface area contributed by atoms with Gasteiger partial charge in [-0.2, -0.15) is 13.2 Å². The molecule has 112 valence electrons. The van der Waals surface area contributed by atoms with Crippen molar-refractivity contribution in [2.24, 2.45) is 4.99 Å². The maximum atomic E-state index is 12.9. The van der Waals surface area contributed by atoms with Crippen molar-refractivity contribution >= 4 is 28.6 Å². The predicted octanol–water partition coefficient (Wildman–Crippen LogP) is 3.69. The number of hydrogen-bond acceptors (Lipinski definition) is 3. The van der Waals surface area contributed by atoms with Gasteiger partial charge in [-0.25, -0.2) is 0 Å². The lowest BCUT2D eigenvalue weighted by Crippen LogP contribution is -2.13. The van der Waals surface area contributed by atoms with Crippen molar-refractivity contribution in [2.75, 3.05) is 11.9 Å². The number of aromatic nitrogens is 1. The van der Waals surface area contributed by atoms with Crippen LogP contribution in [0.15, 0.2) is 47.7 Å². The molecule has 3 rings (SSSR count). The molecule has 1 aliphatic rings. The van der Waals surface area contributed by atoms with Gasteiger partial charge in [-0.3, -0.25) is 9.98 Å². The number of alkyl halides is 3. The van der Waals surface area contributed by atoms with Crippen molar-refractivity contribution < 1.29 is 13.2 Å². The number of rotatable bonds is 1. The number of benzodiazepines with no additional fused rings is 1. The summed E-state index contributed by atoms with van der Waals surface area (Å²) < 4.78 is 38.6. The second-order valence-electron chi connectivity index (χ2n) is 4.71. The van der Waals surface area contributed by atoms with E-state index < -0.39 is 11.7 Å². The topological polar surface area (TPSA) is 37.3 Å². The van der Waals surface area contributed by atoms with Gasteiger partial charge >= 0.3 is 6.18 Å². The molecule has 0 saturated heterocycles. The molecular formula is C15H10F3N3S. The van der Waals surface area contributed by atoms with Crippen LogP contribution in [0, 0.1) is 0 Å². The van der Waals surface area contributed by atoms with Gasteiger partial charge in [-0.05, 0) is 24.3 Å². The number of hydrogen-bond donors (Lipinski definition) is 1. The fraction of sp³-hybridized carbons (Fsp3) is 0.133. The Morgan fingerprint density at radius 2 is 1.82 bits per heavy atom. The average Bonchev–Trinajstić information content (AvgIpc) is 2.64. The summed E-state index contributed by atoms with van der Waals surface area (Å²) in [7, 11) is 0. The smallest absolute Gasteiger partial charge is 0.348 e. The van der Waals surface area contributed by atoms with Gasteiger partial charge in [0, 0.05) is 29.2 Å². The van der Waals surface area contributed by atoms with Crippen LogP contribution in [-0.2, 0) is 6.18 Å². The van der Waals surface area contributed by atoms with Crippen LogP contribution in [0.2, 0.25) is 0 Å². The predicted molar refractivity (Wildman–Crippen MR) is 82.4 cm³/mol. The van der Waals surface area contributed by atoms with E-state index in [9.17, 15) is 13.2 Å². The Balaban J connectivity index is 2.15. The maximum absolute atomic E-state index is 12.9. The molecular weight excluding hydrogens is 311 g/mol. The molecule has 0 unspecified atom stereocenters. The minimum atomic E-state index is -4.40. The van der Waals surface area contributed by atoms with Gasteiger partial charge in [0.1, 0.15) is 4.99 Å². The third-order valence-corrected chi connectivity index (χ3v) is 3.44. The fourth-order valence-electron chi connectivity index (χ4n) is 2.21. The van der Waals surface area contributed by atoms with Gasteiger partial charge in [0.25, 0.3) is 0 Å². The standard InChI is InChI=1S/C15H10F3N3S/c16-15(17,18)10-1-2-11-12(7-10)21-13(22)8-20-14(11)9-3-5-19-6-4-9/h1-7H,8H2,(H,21,22). The molecule has 1 aliphatic heterocycles. The summed E-state index contributed by atoms with van der Waals surface area (Å²) in [4.78, 5) is 8.73. The van der Waals surface area contributed by atoms with Gasteiger partial charge in [0.05, 0.1) is 17.8 Å². The van der Waals surface area contributed by atoms with E-state index in [1.165, 1.54) is 6.07 Å². The summed E-state index contributed by atoms with van der Waals surface area (Å²) in [5.41, 5.74) is 1.55. The van der Waals surface area contributed by atoms with Gasteiger partial charge < -0.3 is 5.32 Å². The highest BCUT2D eigenvalue weighted by molar-refractivity contribution is 7.80. The minimum Gasteiger partial charge on any atom is -0.348 e. The number of aliphatic imine (C=N–C) groups is 1. The summed E-state index contributed by atoms with van der Waals surface area (Å²) in [6.45, 7) is 0.225. The fourth-order valence-corrected chi connectivity index (χ4v) is 2.39. The summed E-state index contributed by atoms with van der Waals surface area (Å²) in [5.74, 6) is 0. The Hall–Kier alpha value is -2.28. The number of fused-ring (bicyclic) bond motifs is 1. The number of anilines is 1. The molecule has 0 fully saturated rings. The third-order valence-electron chi connectivity index (χ3n) is 3.21. The lowest BCUT2D eigenvalue weighted by atomic mass is 9.99. The molecule has 0 amide bonds. The highest BCUT2D eigenvalue weighted by atomic mass is 32.1. The van der Waals surface area contributed by atoms with E-state index >= 15 is 0 Å². The van der Waals surface area contributed by atoms with Crippen LogP contribution in [0.25, 0.3) is 0 Å². The van der Waals surface area contributed by atoms with Crippen molar-refractivity contribution in [3.63, 3.8) is 0 Å². The minimum absolute atomic E-state index is 0.225. The first-order chi connectivity index (χ1) is 10.4. The Bertz CT molecular complexity index is 754. The number of nitrogens with zero attached hydrogens (tertiary/aromatic N) is 2. The van der Waals surface area contributed by atoms with Crippen molar-refractivity contribution in [3.05, 3.63) is 59.4 Å². The number of benzene rings is 1. The van der Waals surface area contributed by atoms with E-state index in [-0.39, 0.29) is 6.54 Å². The summed E-state index contributed by atoms with van der Waals surface area (Å²) in [6.07, 6.45) is -1.19. The summed E-state index contributed by atoms with van der Waals surface area (Å²) in [6, 6.07) is 7.04. The average molecular weight is 321 g/mol. The molecule has 0 saturated carbocycles. The lowest BCUT2D eigenvalue weighted by molar-refractivity contribution is -0.137. The quantitative estimate of drug-likeness (QED) is 0.814. The van der Waals surface area contributed by atoms with E-state index in [1.807, 2.05) is 0 Å². The molecule has 0 atom stereocenters. The van der Waals surface area contributed by atoms with E-state index in [0.29, 0.717) is 22.0 Å². The first kappa shape index (κ1) is 14.6. The van der Waals surface area contributed by atoms with Crippen LogP contribution in [0.5, 0.6) is 0 Å². The highest BCUT2D eigenvalue weighted by Crippen LogP contribution is 2.33. The largest absolute Gasteiger partial charge is 0.416 e. The lowest BCUT2D eigenvalue weighted by Gasteiger charge is -2.14. The summed E-state index contributed by atoms with van der Waals surface area (Å²) >= 11 is 5.10. The molecule has 22 heavy (non-hydrogen) atoms. The van der Waals surface area contributed by atoms with Crippen LogP contribution in [-0.4, -0.2) is 22.2 Å². The Labute approximate surface area is 129 Å². The third kappa shape index (κ3) is 2.85. The first-order valence-corrected chi connectivity index (χ1v) is 6.82. The highest BCUT2D eigenvalue weighted by Gasteiger charge is 2.31. The van der Waals surface area contributed by atoms with Crippen molar-refractivity contribution in [2.45, 2.75) is 6.18 Å². The molecule has 1 aromatic heterocycles. The number of pyridine rings is 1. The second-order valence-corrected chi connectivity index (χ2v) is 5.20. The van der Waals surface area contributed by atoms with Crippen LogP contribution in [0.4, 0.5) is 18.9 Å². The van der Waals surface area contributed by atoms with Gasteiger partial charge in [0.15, 0.2) is 0 Å². The Morgan fingerprint density at radius 3 is 2.50 bits per heavy atom. The van der Waals surface area contributed by atoms with Crippen molar-refractivity contribution in [1.82, 2.24) is 4.98 Å². The monoisotopic (exact) mass is 321 g/mol. The first-order valence-electron chi connectivity index (χ1n) is 6.41. The molecule has 2 aromatic rings. The van der Waals surface area contributed by atoms with Gasteiger partial charge in [-0.1, -0.05) is 18.3 Å². The normalized spacial score (nSPS) is 14.7. The zero-order chi connectivity index (χ0) is 15.7. The molecule has 3 nitrogen and oxygen atoms in total. The molecule has 1 aromatic carbocycles. The molecule has 0 spiro atoms. The van der Waals surface area contributed by atoms with Crippen LogP contribution in [0.3, 0.4) is 0 Å². The zero-order valence-electron chi connectivity index (χ0n) is 11.2. The molecule has 2 heterocycles. The SMILES string of the molecule is FC(F)(F)c1ccc2c(c1)NC(=S)CN=C2c1ccncc1. The molecule has 7 heteroatoms. The zero-order valence-corrected chi connectivity index (χ0v) is 12.0. The maximum Gasteiger partial charge on any atom is 0.416 e. The molecule has 1 N–H and O–H groups in total. The molecule has 0 bridgehead atoms. The van der Waals surface area contributed by atoms with E-state index in [0.717, 1.165) is 17.7 Å². The molecule has 0 radical (unpaired) electrons. The summed E-state index contributed by atoms with van der Waals surface area (Å²) in [5, 5.41) is 2.84. The number of halogens is 3. The van der Waals surface area contributed by atoms with Crippen molar-refractivity contribution in [1.29, 1.82) is 0 Å². The van der Waals surface area contributed by atoms with E-state index in [4.69, 9.17) is 12.2 Å². The van der Waals surface area contributed by atoms with E-state index in [1.54, 1.807) is 24.5 Å². The van der Waals surface area contributed by atoms with Gasteiger partial charge in [-0.15, -0.1) is 0 Å². The van der Waals surface area contributed by atoms with Crippen LogP contribution in [0.1, 0.15) is 16.7 Å². The Kier molecular flexibility index (Phi) is 3.66. The second kappa shape index (κ2) is 5.49. The molecule has 0 aliphatic carbocycles.